The predicted molar refractivity (Wildman–Crippen MR) is 112 cm³/mol. The molecule has 4 atom stereocenters. The minimum Gasteiger partial charge on any atom is -0.465 e. The minimum absolute atomic E-state index is 0.0914. The zero-order valence-electron chi connectivity index (χ0n) is 16.8. The Balaban J connectivity index is 1.31. The summed E-state index contributed by atoms with van der Waals surface area (Å²) >= 11 is 2.09. The first-order valence-electron chi connectivity index (χ1n) is 10.7. The minimum atomic E-state index is -0.0914. The van der Waals surface area contributed by atoms with E-state index in [0.29, 0.717) is 12.0 Å². The smallest absolute Gasteiger partial charge is 0.126 e. The molecule has 6 heteroatoms. The molecule has 5 heterocycles. The molecule has 1 aromatic heterocycles. The summed E-state index contributed by atoms with van der Waals surface area (Å²) in [5.74, 6) is 4.24. The molecular formula is C22H32N2O3S. The molecule has 4 saturated heterocycles. The Labute approximate surface area is 172 Å². The van der Waals surface area contributed by atoms with Gasteiger partial charge in [0.2, 0.25) is 0 Å². The lowest BCUT2D eigenvalue weighted by Gasteiger charge is -2.41. The van der Waals surface area contributed by atoms with E-state index in [1.807, 2.05) is 12.1 Å². The van der Waals surface area contributed by atoms with Crippen LogP contribution in [0.25, 0.3) is 6.08 Å². The quantitative estimate of drug-likeness (QED) is 0.814. The van der Waals surface area contributed by atoms with E-state index in [1.165, 1.54) is 29.9 Å². The molecule has 28 heavy (non-hydrogen) atoms. The number of nitrogens with zero attached hydrogens (tertiary/aromatic N) is 2. The van der Waals surface area contributed by atoms with Crippen molar-refractivity contribution in [1.82, 2.24) is 9.80 Å². The lowest BCUT2D eigenvalue weighted by molar-refractivity contribution is -0.117. The zero-order chi connectivity index (χ0) is 19.1. The molecule has 1 spiro atoms. The highest BCUT2D eigenvalue weighted by Crippen LogP contribution is 2.50. The molecule has 4 aliphatic heterocycles. The number of thioether (sulfide) groups is 1. The molecule has 1 aromatic rings. The highest BCUT2D eigenvalue weighted by molar-refractivity contribution is 7.99. The first kappa shape index (κ1) is 19.2. The van der Waals surface area contributed by atoms with Crippen LogP contribution in [-0.4, -0.2) is 83.5 Å². The second kappa shape index (κ2) is 7.80. The average molecular weight is 405 g/mol. The molecule has 0 radical (unpaired) electrons. The second-order valence-electron chi connectivity index (χ2n) is 9.12. The number of furan rings is 1. The maximum atomic E-state index is 10.1. The normalized spacial score (nSPS) is 37.5. The molecular weight excluding hydrogens is 372 g/mol. The average Bonchev–Trinajstić information content (AvgIpc) is 3.35. The molecule has 0 unspecified atom stereocenters. The summed E-state index contributed by atoms with van der Waals surface area (Å²) in [5, 5.41) is 10.1. The Morgan fingerprint density at radius 1 is 1.32 bits per heavy atom. The van der Waals surface area contributed by atoms with Crippen molar-refractivity contribution >= 4 is 17.8 Å². The van der Waals surface area contributed by atoms with E-state index < -0.39 is 0 Å². The molecule has 0 aliphatic carbocycles. The van der Waals surface area contributed by atoms with Gasteiger partial charge in [-0.1, -0.05) is 5.57 Å². The highest BCUT2D eigenvalue weighted by Gasteiger charge is 2.62. The van der Waals surface area contributed by atoms with Gasteiger partial charge in [0.05, 0.1) is 18.0 Å². The number of rotatable bonds is 5. The van der Waals surface area contributed by atoms with Gasteiger partial charge in [0.1, 0.15) is 5.76 Å². The van der Waals surface area contributed by atoms with Crippen LogP contribution >= 0.6 is 11.8 Å². The monoisotopic (exact) mass is 404 g/mol. The molecule has 5 rings (SSSR count). The molecule has 0 saturated carbocycles. The summed E-state index contributed by atoms with van der Waals surface area (Å²) in [6, 6.07) is 4.64. The molecule has 0 amide bonds. The van der Waals surface area contributed by atoms with Crippen molar-refractivity contribution in [2.24, 2.45) is 11.8 Å². The largest absolute Gasteiger partial charge is 0.465 e. The van der Waals surface area contributed by atoms with E-state index in [4.69, 9.17) is 9.15 Å². The van der Waals surface area contributed by atoms with Gasteiger partial charge in [-0.3, -0.25) is 9.80 Å². The number of hydrogen-bond acceptors (Lipinski definition) is 6. The summed E-state index contributed by atoms with van der Waals surface area (Å²) in [6.45, 7) is 7.41. The van der Waals surface area contributed by atoms with Crippen molar-refractivity contribution in [2.45, 2.75) is 37.5 Å². The van der Waals surface area contributed by atoms with Gasteiger partial charge in [-0.2, -0.15) is 11.8 Å². The number of hydrogen-bond donors (Lipinski definition) is 1. The van der Waals surface area contributed by atoms with Crippen LogP contribution in [0.5, 0.6) is 0 Å². The fraction of sp³-hybridized carbons (Fsp3) is 0.727. The van der Waals surface area contributed by atoms with Crippen molar-refractivity contribution in [3.05, 3.63) is 29.7 Å². The lowest BCUT2D eigenvalue weighted by atomic mass is 9.83. The number of morpholine rings is 1. The molecule has 4 aliphatic rings. The van der Waals surface area contributed by atoms with Crippen LogP contribution in [0, 0.1) is 11.8 Å². The van der Waals surface area contributed by atoms with E-state index >= 15 is 0 Å². The van der Waals surface area contributed by atoms with Gasteiger partial charge in [-0.25, -0.2) is 0 Å². The summed E-state index contributed by atoms with van der Waals surface area (Å²) in [6.07, 6.45) is 6.63. The molecule has 0 aromatic carbocycles. The molecule has 1 N–H and O–H groups in total. The number of aliphatic hydroxyl groups excluding tert-OH is 1. The van der Waals surface area contributed by atoms with Crippen molar-refractivity contribution in [3.63, 3.8) is 0 Å². The number of fused-ring (bicyclic) bond motifs is 1. The van der Waals surface area contributed by atoms with Crippen molar-refractivity contribution in [3.8, 4) is 0 Å². The van der Waals surface area contributed by atoms with Crippen molar-refractivity contribution < 1.29 is 14.3 Å². The summed E-state index contributed by atoms with van der Waals surface area (Å²) in [4.78, 5) is 5.24. The van der Waals surface area contributed by atoms with Crippen LogP contribution in [-0.2, 0) is 4.74 Å². The van der Waals surface area contributed by atoms with E-state index in [1.54, 1.807) is 6.26 Å². The Hall–Kier alpha value is -0.790. The van der Waals surface area contributed by atoms with Crippen LogP contribution in [0.2, 0.25) is 0 Å². The highest BCUT2D eigenvalue weighted by atomic mass is 32.2. The molecule has 5 nitrogen and oxygen atoms in total. The maximum Gasteiger partial charge on any atom is 0.126 e. The Bertz CT molecular complexity index is 703. The van der Waals surface area contributed by atoms with Gasteiger partial charge in [0.15, 0.2) is 0 Å². The molecule has 4 fully saturated rings. The van der Waals surface area contributed by atoms with E-state index in [-0.39, 0.29) is 24.2 Å². The second-order valence-corrected chi connectivity index (χ2v) is 10.3. The predicted octanol–water partition coefficient (Wildman–Crippen LogP) is 2.57. The Morgan fingerprint density at radius 3 is 2.93 bits per heavy atom. The third-order valence-corrected chi connectivity index (χ3v) is 8.26. The van der Waals surface area contributed by atoms with E-state index in [2.05, 4.69) is 34.6 Å². The van der Waals surface area contributed by atoms with Crippen molar-refractivity contribution in [2.75, 3.05) is 50.8 Å². The topological polar surface area (TPSA) is 49.1 Å². The number of likely N-dealkylation sites (tertiary alicyclic amines) is 2. The van der Waals surface area contributed by atoms with Gasteiger partial charge in [-0.05, 0) is 49.5 Å². The fourth-order valence-corrected chi connectivity index (χ4v) is 7.11. The van der Waals surface area contributed by atoms with Crippen LogP contribution in [0.1, 0.15) is 25.5 Å². The standard InChI is InChI=1S/C22H32N2O3S/c1-16(9-18-3-2-6-26-18)10-23-12-21-19(13-25)20-11-24(15-22(20,14-23)27-21)17-4-7-28-8-5-17/h2-3,6,9,17,19-21,25H,4-5,7-8,10-15H2,1H3/b16-9+/t19-,20+,21+,22+/m0/s1. The SMILES string of the molecule is C/C(=C\c1ccco1)CN1C[C@H]2O[C@]3(C1)CN(C1CCSCC1)C[C@@H]3[C@@H]2CO. The van der Waals surface area contributed by atoms with Crippen LogP contribution in [0.15, 0.2) is 28.4 Å². The van der Waals surface area contributed by atoms with Gasteiger partial charge < -0.3 is 14.3 Å². The maximum absolute atomic E-state index is 10.1. The van der Waals surface area contributed by atoms with E-state index in [0.717, 1.165) is 38.5 Å². The van der Waals surface area contributed by atoms with E-state index in [9.17, 15) is 5.11 Å². The van der Waals surface area contributed by atoms with Crippen LogP contribution in [0.4, 0.5) is 0 Å². The van der Waals surface area contributed by atoms with Crippen LogP contribution in [0.3, 0.4) is 0 Å². The summed E-state index contributed by atoms with van der Waals surface area (Å²) in [5.41, 5.74) is 1.22. The Kier molecular flexibility index (Phi) is 5.35. The summed E-state index contributed by atoms with van der Waals surface area (Å²) in [7, 11) is 0. The number of aliphatic hydroxyl groups is 1. The molecule has 2 bridgehead atoms. The first-order valence-corrected chi connectivity index (χ1v) is 11.9. The third-order valence-electron chi connectivity index (χ3n) is 7.21. The van der Waals surface area contributed by atoms with Gasteiger partial charge in [0, 0.05) is 57.2 Å². The van der Waals surface area contributed by atoms with Gasteiger partial charge >= 0.3 is 0 Å². The summed E-state index contributed by atoms with van der Waals surface area (Å²) < 4.78 is 12.1. The van der Waals surface area contributed by atoms with Gasteiger partial charge in [-0.15, -0.1) is 0 Å². The zero-order valence-corrected chi connectivity index (χ0v) is 17.6. The lowest BCUT2D eigenvalue weighted by Crippen LogP contribution is -2.55. The van der Waals surface area contributed by atoms with Crippen LogP contribution < -0.4 is 0 Å². The number of ether oxygens (including phenoxy) is 1. The Morgan fingerprint density at radius 2 is 2.18 bits per heavy atom. The fourth-order valence-electron chi connectivity index (χ4n) is 6.03. The molecule has 154 valence electrons. The first-order chi connectivity index (χ1) is 13.7. The third kappa shape index (κ3) is 3.47. The van der Waals surface area contributed by atoms with Crippen molar-refractivity contribution in [1.29, 1.82) is 0 Å². The van der Waals surface area contributed by atoms with Gasteiger partial charge in [0.25, 0.3) is 0 Å².